The number of hydrogen-bond donors (Lipinski definition) is 1. The molecule has 0 unspecified atom stereocenters. The predicted molar refractivity (Wildman–Crippen MR) is 96.4 cm³/mol. The molecular formula is C19H12F2N2O2S. The third-order valence-electron chi connectivity index (χ3n) is 3.86. The third kappa shape index (κ3) is 2.97. The van der Waals surface area contributed by atoms with E-state index in [1.807, 2.05) is 18.2 Å². The smallest absolute Gasteiger partial charge is 0.293 e. The van der Waals surface area contributed by atoms with Crippen LogP contribution in [-0.4, -0.2) is 10.9 Å². The summed E-state index contributed by atoms with van der Waals surface area (Å²) in [5, 5.41) is 3.87. The molecule has 2 aromatic heterocycles. The second-order valence-electron chi connectivity index (χ2n) is 5.66. The Labute approximate surface area is 151 Å². The van der Waals surface area contributed by atoms with Crippen LogP contribution in [0.1, 0.15) is 15.4 Å². The first-order chi connectivity index (χ1) is 12.5. The van der Waals surface area contributed by atoms with Gasteiger partial charge in [-0.25, -0.2) is 13.8 Å². The number of rotatable bonds is 3. The maximum Gasteiger partial charge on any atom is 0.293 e. The highest BCUT2D eigenvalue weighted by Crippen LogP contribution is 2.31. The molecule has 0 aliphatic heterocycles. The van der Waals surface area contributed by atoms with Gasteiger partial charge in [0.15, 0.2) is 22.5 Å². The fourth-order valence-electron chi connectivity index (χ4n) is 2.61. The summed E-state index contributed by atoms with van der Waals surface area (Å²) in [6.07, 6.45) is 0. The van der Waals surface area contributed by atoms with E-state index in [9.17, 15) is 13.6 Å². The number of halogens is 2. The molecule has 2 heterocycles. The van der Waals surface area contributed by atoms with Crippen LogP contribution < -0.4 is 5.32 Å². The molecule has 0 saturated carbocycles. The number of nitrogens with zero attached hydrogens (tertiary/aromatic N) is 1. The summed E-state index contributed by atoms with van der Waals surface area (Å²) in [6, 6.07) is 12.6. The molecule has 4 aromatic rings. The Morgan fingerprint density at radius 1 is 1.12 bits per heavy atom. The monoisotopic (exact) mass is 370 g/mol. The SMILES string of the molecule is Cc1sc(NC(=O)c2cc3ccccc3o2)nc1-c1ccc(F)c(F)c1. The van der Waals surface area contributed by atoms with Gasteiger partial charge in [-0.1, -0.05) is 18.2 Å². The normalized spacial score (nSPS) is 11.0. The van der Waals surface area contributed by atoms with Crippen molar-refractivity contribution >= 4 is 33.3 Å². The Balaban J connectivity index is 1.60. The van der Waals surface area contributed by atoms with Crippen molar-refractivity contribution in [2.45, 2.75) is 6.92 Å². The first-order valence-corrected chi connectivity index (χ1v) is 8.56. The summed E-state index contributed by atoms with van der Waals surface area (Å²) < 4.78 is 32.1. The van der Waals surface area contributed by atoms with Crippen molar-refractivity contribution < 1.29 is 18.0 Å². The molecule has 0 atom stereocenters. The summed E-state index contributed by atoms with van der Waals surface area (Å²) in [6.45, 7) is 1.80. The lowest BCUT2D eigenvalue weighted by Crippen LogP contribution is -2.10. The molecule has 1 amide bonds. The van der Waals surface area contributed by atoms with E-state index >= 15 is 0 Å². The first kappa shape index (κ1) is 16.4. The average Bonchev–Trinajstić information content (AvgIpc) is 3.21. The minimum atomic E-state index is -0.942. The van der Waals surface area contributed by atoms with Crippen molar-refractivity contribution in [2.24, 2.45) is 0 Å². The van der Waals surface area contributed by atoms with Gasteiger partial charge in [0, 0.05) is 15.8 Å². The highest BCUT2D eigenvalue weighted by molar-refractivity contribution is 7.16. The molecule has 0 radical (unpaired) electrons. The van der Waals surface area contributed by atoms with Gasteiger partial charge >= 0.3 is 0 Å². The molecule has 4 nitrogen and oxygen atoms in total. The molecule has 0 aliphatic carbocycles. The van der Waals surface area contributed by atoms with Crippen LogP contribution in [0.3, 0.4) is 0 Å². The van der Waals surface area contributed by atoms with Crippen molar-refractivity contribution in [3.05, 3.63) is 70.8 Å². The molecule has 0 bridgehead atoms. The zero-order valence-electron chi connectivity index (χ0n) is 13.5. The van der Waals surface area contributed by atoms with Gasteiger partial charge in [0.1, 0.15) is 5.58 Å². The van der Waals surface area contributed by atoms with Crippen molar-refractivity contribution in [3.63, 3.8) is 0 Å². The fraction of sp³-hybridized carbons (Fsp3) is 0.0526. The number of hydrogen-bond acceptors (Lipinski definition) is 4. The Morgan fingerprint density at radius 3 is 2.69 bits per heavy atom. The number of thiazole rings is 1. The number of nitrogens with one attached hydrogen (secondary N) is 1. The number of carbonyl (C=O) groups excluding carboxylic acids is 1. The van der Waals surface area contributed by atoms with E-state index in [1.165, 1.54) is 17.4 Å². The van der Waals surface area contributed by atoms with Crippen molar-refractivity contribution in [2.75, 3.05) is 5.32 Å². The number of fused-ring (bicyclic) bond motifs is 1. The van der Waals surface area contributed by atoms with E-state index in [4.69, 9.17) is 4.42 Å². The predicted octanol–water partition coefficient (Wildman–Crippen LogP) is 5.40. The molecule has 0 aliphatic rings. The molecule has 2 aromatic carbocycles. The lowest BCUT2D eigenvalue weighted by molar-refractivity contribution is 0.0998. The molecule has 1 N–H and O–H groups in total. The Morgan fingerprint density at radius 2 is 1.92 bits per heavy atom. The lowest BCUT2D eigenvalue weighted by Gasteiger charge is -2.00. The van der Waals surface area contributed by atoms with E-state index in [2.05, 4.69) is 10.3 Å². The molecular weight excluding hydrogens is 358 g/mol. The average molecular weight is 370 g/mol. The fourth-order valence-corrected chi connectivity index (χ4v) is 3.44. The van der Waals surface area contributed by atoms with Crippen LogP contribution in [0.2, 0.25) is 0 Å². The van der Waals surface area contributed by atoms with Crippen LogP contribution in [0.4, 0.5) is 13.9 Å². The molecule has 26 heavy (non-hydrogen) atoms. The number of aryl methyl sites for hydroxylation is 1. The van der Waals surface area contributed by atoms with E-state index in [1.54, 1.807) is 19.1 Å². The third-order valence-corrected chi connectivity index (χ3v) is 4.75. The zero-order chi connectivity index (χ0) is 18.3. The van der Waals surface area contributed by atoms with Gasteiger partial charge in [-0.3, -0.25) is 10.1 Å². The maximum absolute atomic E-state index is 13.5. The van der Waals surface area contributed by atoms with Crippen molar-refractivity contribution in [3.8, 4) is 11.3 Å². The zero-order valence-corrected chi connectivity index (χ0v) is 14.4. The second kappa shape index (κ2) is 6.34. The molecule has 0 spiro atoms. The second-order valence-corrected chi connectivity index (χ2v) is 6.86. The standard InChI is InChI=1S/C19H12F2N2O2S/c1-10-17(12-6-7-13(20)14(21)8-12)22-19(26-10)23-18(24)16-9-11-4-2-3-5-15(11)25-16/h2-9H,1H3,(H,22,23,24). The van der Waals surface area contributed by atoms with Crippen LogP contribution in [0.25, 0.3) is 22.2 Å². The molecule has 7 heteroatoms. The summed E-state index contributed by atoms with van der Waals surface area (Å²) in [5.74, 6) is -2.11. The Bertz CT molecular complexity index is 1100. The number of carbonyl (C=O) groups is 1. The van der Waals surface area contributed by atoms with Crippen LogP contribution in [0, 0.1) is 18.6 Å². The van der Waals surface area contributed by atoms with Crippen molar-refractivity contribution in [1.29, 1.82) is 0 Å². The van der Waals surface area contributed by atoms with Crippen molar-refractivity contribution in [1.82, 2.24) is 4.98 Å². The van der Waals surface area contributed by atoms with Gasteiger partial charge < -0.3 is 4.42 Å². The first-order valence-electron chi connectivity index (χ1n) is 7.74. The van der Waals surface area contributed by atoms with Crippen LogP contribution in [0.5, 0.6) is 0 Å². The molecule has 0 fully saturated rings. The number of para-hydroxylation sites is 1. The number of furan rings is 1. The largest absolute Gasteiger partial charge is 0.451 e. The summed E-state index contributed by atoms with van der Waals surface area (Å²) in [5.41, 5.74) is 1.56. The number of aromatic nitrogens is 1. The van der Waals surface area contributed by atoms with E-state index in [0.717, 1.165) is 22.4 Å². The molecule has 0 saturated heterocycles. The van der Waals surface area contributed by atoms with Crippen LogP contribution in [0.15, 0.2) is 52.9 Å². The van der Waals surface area contributed by atoms with E-state index in [0.29, 0.717) is 22.0 Å². The summed E-state index contributed by atoms with van der Waals surface area (Å²) in [4.78, 5) is 17.5. The topological polar surface area (TPSA) is 55.1 Å². The van der Waals surface area contributed by atoms with Crippen LogP contribution >= 0.6 is 11.3 Å². The lowest BCUT2D eigenvalue weighted by atomic mass is 10.1. The van der Waals surface area contributed by atoms with Gasteiger partial charge in [0.05, 0.1) is 5.69 Å². The summed E-state index contributed by atoms with van der Waals surface area (Å²) in [7, 11) is 0. The quantitative estimate of drug-likeness (QED) is 0.526. The number of amides is 1. The van der Waals surface area contributed by atoms with Gasteiger partial charge in [-0.05, 0) is 37.3 Å². The van der Waals surface area contributed by atoms with Gasteiger partial charge in [-0.2, -0.15) is 0 Å². The summed E-state index contributed by atoms with van der Waals surface area (Å²) >= 11 is 1.25. The Kier molecular flexibility index (Phi) is 4.00. The van der Waals surface area contributed by atoms with E-state index in [-0.39, 0.29) is 5.76 Å². The van der Waals surface area contributed by atoms with Gasteiger partial charge in [0.2, 0.25) is 0 Å². The highest BCUT2D eigenvalue weighted by Gasteiger charge is 2.17. The minimum absolute atomic E-state index is 0.174. The van der Waals surface area contributed by atoms with Gasteiger partial charge in [0.25, 0.3) is 5.91 Å². The number of benzene rings is 2. The number of anilines is 1. The highest BCUT2D eigenvalue weighted by atomic mass is 32.1. The van der Waals surface area contributed by atoms with E-state index < -0.39 is 17.5 Å². The van der Waals surface area contributed by atoms with Gasteiger partial charge in [-0.15, -0.1) is 11.3 Å². The Hall–Kier alpha value is -3.06. The maximum atomic E-state index is 13.5. The van der Waals surface area contributed by atoms with Crippen LogP contribution in [-0.2, 0) is 0 Å². The minimum Gasteiger partial charge on any atom is -0.451 e. The molecule has 4 rings (SSSR count). The molecule has 130 valence electrons.